The molecule has 1 aromatic heterocycles. The highest BCUT2D eigenvalue weighted by Gasteiger charge is 2.38. The smallest absolute Gasteiger partial charge is 0.337 e. The molecule has 0 aliphatic heterocycles. The molecular weight excluding hydrogens is 509 g/mol. The predicted molar refractivity (Wildman–Crippen MR) is 151 cm³/mol. The summed E-state index contributed by atoms with van der Waals surface area (Å²) < 4.78 is 27.0. The Morgan fingerprint density at radius 3 is 2.17 bits per heavy atom. The van der Waals surface area contributed by atoms with Gasteiger partial charge in [-0.05, 0) is 73.5 Å². The number of carbonyl (C=O) groups excluding carboxylic acids is 1. The first kappa shape index (κ1) is 26.7. The first-order chi connectivity index (χ1) is 19.2. The van der Waals surface area contributed by atoms with Crippen LogP contribution in [0.2, 0.25) is 0 Å². The number of esters is 1. The lowest BCUT2D eigenvalue weighted by Crippen LogP contribution is -2.31. The summed E-state index contributed by atoms with van der Waals surface area (Å²) in [6.45, 7) is 3.58. The SMILES string of the molecule is COC(=O)c1ccc(-c2c(C(C)(C)C(=O)O)n(-c3ccc(F)cc3)c3cccc(OCc4ccccc4)c23)cc1. The van der Waals surface area contributed by atoms with Crippen molar-refractivity contribution in [2.24, 2.45) is 0 Å². The fourth-order valence-electron chi connectivity index (χ4n) is 4.89. The van der Waals surface area contributed by atoms with Gasteiger partial charge in [0.25, 0.3) is 0 Å². The molecule has 0 saturated heterocycles. The summed E-state index contributed by atoms with van der Waals surface area (Å²) in [5.74, 6) is -1.34. The maximum absolute atomic E-state index is 13.9. The van der Waals surface area contributed by atoms with Gasteiger partial charge in [-0.25, -0.2) is 9.18 Å². The van der Waals surface area contributed by atoms with Crippen LogP contribution in [0, 0.1) is 5.82 Å². The molecule has 1 heterocycles. The van der Waals surface area contributed by atoms with Gasteiger partial charge in [0.1, 0.15) is 23.6 Å². The standard InChI is InChI=1S/C33H28FNO5/c1-33(2,32(37)38)30-28(22-12-14-23(15-13-22)31(36)39-3)29-26(35(30)25-18-16-24(34)17-19-25)10-7-11-27(29)40-20-21-8-5-4-6-9-21/h4-19H,20H2,1-3H3,(H,37,38). The maximum Gasteiger partial charge on any atom is 0.337 e. The Labute approximate surface area is 231 Å². The molecule has 0 saturated carbocycles. The predicted octanol–water partition coefficient (Wildman–Crippen LogP) is 7.16. The van der Waals surface area contributed by atoms with Crippen molar-refractivity contribution in [1.29, 1.82) is 0 Å². The number of hydrogen-bond acceptors (Lipinski definition) is 4. The summed E-state index contributed by atoms with van der Waals surface area (Å²) >= 11 is 0. The van der Waals surface area contributed by atoms with Crippen LogP contribution < -0.4 is 4.74 Å². The van der Waals surface area contributed by atoms with Crippen LogP contribution in [-0.2, 0) is 21.6 Å². The molecule has 6 nitrogen and oxygen atoms in total. The summed E-state index contributed by atoms with van der Waals surface area (Å²) in [5.41, 5.74) is 3.11. The molecule has 4 aromatic carbocycles. The number of carboxylic acid groups (broad SMARTS) is 1. The Hall–Kier alpha value is -4.91. The Balaban J connectivity index is 1.84. The topological polar surface area (TPSA) is 77.8 Å². The van der Waals surface area contributed by atoms with Crippen LogP contribution in [0.25, 0.3) is 27.7 Å². The van der Waals surface area contributed by atoms with E-state index < -0.39 is 23.2 Å². The van der Waals surface area contributed by atoms with E-state index in [2.05, 4.69) is 0 Å². The van der Waals surface area contributed by atoms with E-state index in [-0.39, 0.29) is 0 Å². The fourth-order valence-corrected chi connectivity index (χ4v) is 4.89. The summed E-state index contributed by atoms with van der Waals surface area (Å²) in [6.07, 6.45) is 0. The third-order valence-electron chi connectivity index (χ3n) is 7.00. The van der Waals surface area contributed by atoms with Crippen molar-refractivity contribution in [3.8, 4) is 22.6 Å². The molecular formula is C33H28FNO5. The van der Waals surface area contributed by atoms with Gasteiger partial charge >= 0.3 is 11.9 Å². The fraction of sp³-hybridized carbons (Fsp3) is 0.152. The maximum atomic E-state index is 13.9. The van der Waals surface area contributed by atoms with Crippen LogP contribution in [0.3, 0.4) is 0 Å². The van der Waals surface area contributed by atoms with E-state index in [1.54, 1.807) is 50.2 Å². The van der Waals surface area contributed by atoms with E-state index >= 15 is 0 Å². The molecule has 40 heavy (non-hydrogen) atoms. The number of rotatable bonds is 8. The lowest BCUT2D eigenvalue weighted by molar-refractivity contribution is -0.142. The van der Waals surface area contributed by atoms with E-state index in [9.17, 15) is 19.1 Å². The number of ether oxygens (including phenoxy) is 2. The lowest BCUT2D eigenvalue weighted by Gasteiger charge is -2.25. The van der Waals surface area contributed by atoms with Crippen molar-refractivity contribution in [1.82, 2.24) is 4.57 Å². The largest absolute Gasteiger partial charge is 0.488 e. The minimum absolute atomic E-state index is 0.306. The van der Waals surface area contributed by atoms with E-state index in [0.29, 0.717) is 51.3 Å². The van der Waals surface area contributed by atoms with Crippen molar-refractivity contribution >= 4 is 22.8 Å². The van der Waals surface area contributed by atoms with Crippen molar-refractivity contribution < 1.29 is 28.6 Å². The van der Waals surface area contributed by atoms with Crippen LogP contribution in [0.5, 0.6) is 5.75 Å². The zero-order valence-electron chi connectivity index (χ0n) is 22.4. The Morgan fingerprint density at radius 1 is 0.875 bits per heavy atom. The third kappa shape index (κ3) is 4.82. The second-order valence-corrected chi connectivity index (χ2v) is 9.96. The van der Waals surface area contributed by atoms with Crippen molar-refractivity contribution in [2.45, 2.75) is 25.9 Å². The summed E-state index contributed by atoms with van der Waals surface area (Å²) in [4.78, 5) is 24.9. The van der Waals surface area contributed by atoms with Gasteiger partial charge in [0.15, 0.2) is 0 Å². The van der Waals surface area contributed by atoms with Gasteiger partial charge in [0, 0.05) is 16.9 Å². The molecule has 0 atom stereocenters. The van der Waals surface area contributed by atoms with E-state index in [4.69, 9.17) is 9.47 Å². The molecule has 0 aliphatic carbocycles. The van der Waals surface area contributed by atoms with Crippen LogP contribution in [-0.4, -0.2) is 28.7 Å². The molecule has 0 radical (unpaired) electrons. The first-order valence-electron chi connectivity index (χ1n) is 12.7. The van der Waals surface area contributed by atoms with Gasteiger partial charge in [-0.3, -0.25) is 4.79 Å². The molecule has 0 fully saturated rings. The van der Waals surface area contributed by atoms with E-state index in [1.807, 2.05) is 53.1 Å². The second kappa shape index (κ2) is 10.7. The van der Waals surface area contributed by atoms with Crippen molar-refractivity contribution in [2.75, 3.05) is 7.11 Å². The minimum atomic E-state index is -1.37. The number of hydrogen-bond donors (Lipinski definition) is 1. The molecule has 0 aliphatic rings. The molecule has 1 N–H and O–H groups in total. The van der Waals surface area contributed by atoms with Crippen LogP contribution >= 0.6 is 0 Å². The molecule has 7 heteroatoms. The number of methoxy groups -OCH3 is 1. The number of halogens is 1. The van der Waals surface area contributed by atoms with Gasteiger partial charge in [-0.15, -0.1) is 0 Å². The van der Waals surface area contributed by atoms with E-state index in [0.717, 1.165) is 5.56 Å². The molecule has 202 valence electrons. The summed E-state index contributed by atoms with van der Waals surface area (Å²) in [6, 6.07) is 28.1. The normalized spacial score (nSPS) is 11.4. The quantitative estimate of drug-likeness (QED) is 0.213. The van der Waals surface area contributed by atoms with Gasteiger partial charge in [-0.2, -0.15) is 0 Å². The van der Waals surface area contributed by atoms with Crippen LogP contribution in [0.15, 0.2) is 97.1 Å². The molecule has 5 rings (SSSR count). The summed E-state index contributed by atoms with van der Waals surface area (Å²) in [7, 11) is 1.32. The number of nitrogens with zero attached hydrogens (tertiary/aromatic N) is 1. The average Bonchev–Trinajstić information content (AvgIpc) is 3.33. The highest BCUT2D eigenvalue weighted by molar-refractivity contribution is 6.05. The molecule has 0 amide bonds. The number of carbonyl (C=O) groups is 2. The van der Waals surface area contributed by atoms with Gasteiger partial charge in [0.2, 0.25) is 0 Å². The van der Waals surface area contributed by atoms with Crippen molar-refractivity contribution in [3.05, 3.63) is 120 Å². The molecule has 5 aromatic rings. The third-order valence-corrected chi connectivity index (χ3v) is 7.00. The monoisotopic (exact) mass is 537 g/mol. The highest BCUT2D eigenvalue weighted by Crippen LogP contribution is 2.46. The van der Waals surface area contributed by atoms with Crippen molar-refractivity contribution in [3.63, 3.8) is 0 Å². The molecule has 0 bridgehead atoms. The second-order valence-electron chi connectivity index (χ2n) is 9.96. The number of aromatic nitrogens is 1. The Morgan fingerprint density at radius 2 is 1.55 bits per heavy atom. The zero-order chi connectivity index (χ0) is 28.4. The summed E-state index contributed by atoms with van der Waals surface area (Å²) in [5, 5.41) is 11.1. The number of carboxylic acids is 1. The Bertz CT molecular complexity index is 1690. The lowest BCUT2D eigenvalue weighted by atomic mass is 9.84. The van der Waals surface area contributed by atoms with Crippen LogP contribution in [0.1, 0.15) is 35.5 Å². The number of aliphatic carboxylic acids is 1. The average molecular weight is 538 g/mol. The highest BCUT2D eigenvalue weighted by atomic mass is 19.1. The van der Waals surface area contributed by atoms with Gasteiger partial charge < -0.3 is 19.1 Å². The van der Waals surface area contributed by atoms with E-state index in [1.165, 1.54) is 19.2 Å². The zero-order valence-corrected chi connectivity index (χ0v) is 22.4. The first-order valence-corrected chi connectivity index (χ1v) is 12.7. The number of fused-ring (bicyclic) bond motifs is 1. The minimum Gasteiger partial charge on any atom is -0.488 e. The van der Waals surface area contributed by atoms with Gasteiger partial charge in [0.05, 0.1) is 23.6 Å². The molecule has 0 spiro atoms. The van der Waals surface area contributed by atoms with Gasteiger partial charge in [-0.1, -0.05) is 48.5 Å². The van der Waals surface area contributed by atoms with Crippen LogP contribution in [0.4, 0.5) is 4.39 Å². The Kier molecular flexibility index (Phi) is 7.13. The molecule has 0 unspecified atom stereocenters. The number of benzene rings is 4.